The molecule has 0 fully saturated rings. The number of anilines is 1. The molecular formula is C25H22ClN3O4S. The van der Waals surface area contributed by atoms with Crippen LogP contribution >= 0.6 is 22.9 Å². The van der Waals surface area contributed by atoms with Crippen molar-refractivity contribution in [1.82, 2.24) is 9.55 Å². The Hall–Kier alpha value is -3.49. The van der Waals surface area contributed by atoms with Gasteiger partial charge in [-0.1, -0.05) is 41.9 Å². The second-order valence-corrected chi connectivity index (χ2v) is 9.23. The SMILES string of the molecule is Cc1cc(Cl)ccc1NC(=O)Cn1cnc2sc(C(=O)OCCc3ccccc3)c(C)c2c1=O. The summed E-state index contributed by atoms with van der Waals surface area (Å²) >= 11 is 7.07. The molecule has 0 atom stereocenters. The van der Waals surface area contributed by atoms with Crippen LogP contribution in [0, 0.1) is 13.8 Å². The van der Waals surface area contributed by atoms with E-state index < -0.39 is 5.97 Å². The quantitative estimate of drug-likeness (QED) is 0.373. The van der Waals surface area contributed by atoms with Gasteiger partial charge in [0.25, 0.3) is 5.56 Å². The first-order valence-electron chi connectivity index (χ1n) is 10.6. The molecule has 9 heteroatoms. The second-order valence-electron chi connectivity index (χ2n) is 7.79. The number of esters is 1. The molecule has 1 N–H and O–H groups in total. The fourth-order valence-corrected chi connectivity index (χ4v) is 4.81. The molecule has 0 unspecified atom stereocenters. The number of amides is 1. The van der Waals surface area contributed by atoms with E-state index in [2.05, 4.69) is 10.3 Å². The van der Waals surface area contributed by atoms with E-state index in [-0.39, 0.29) is 24.6 Å². The van der Waals surface area contributed by atoms with Gasteiger partial charge in [-0.25, -0.2) is 9.78 Å². The number of rotatable bonds is 7. The molecule has 7 nitrogen and oxygen atoms in total. The largest absolute Gasteiger partial charge is 0.461 e. The summed E-state index contributed by atoms with van der Waals surface area (Å²) in [6.07, 6.45) is 1.92. The number of benzene rings is 2. The minimum atomic E-state index is -0.488. The number of hydrogen-bond acceptors (Lipinski definition) is 6. The van der Waals surface area contributed by atoms with Gasteiger partial charge in [0.1, 0.15) is 16.3 Å². The molecule has 34 heavy (non-hydrogen) atoms. The maximum Gasteiger partial charge on any atom is 0.348 e. The second kappa shape index (κ2) is 10.2. The molecule has 0 saturated heterocycles. The fraction of sp³-hybridized carbons (Fsp3) is 0.200. The Bertz CT molecular complexity index is 1430. The standard InChI is InChI=1S/C25H22ClN3O4S/c1-15-12-18(26)8-9-19(15)28-20(30)13-29-14-27-23-21(24(29)31)16(2)22(34-23)25(32)33-11-10-17-6-4-3-5-7-17/h3-9,12,14H,10-11,13H2,1-2H3,(H,28,30). The van der Waals surface area contributed by atoms with Gasteiger partial charge in [0.2, 0.25) is 5.91 Å². The van der Waals surface area contributed by atoms with E-state index in [1.54, 1.807) is 25.1 Å². The number of ether oxygens (including phenoxy) is 1. The van der Waals surface area contributed by atoms with Gasteiger partial charge in [-0.05, 0) is 48.7 Å². The molecular weight excluding hydrogens is 474 g/mol. The van der Waals surface area contributed by atoms with Crippen molar-refractivity contribution in [2.45, 2.75) is 26.8 Å². The predicted octanol–water partition coefficient (Wildman–Crippen LogP) is 4.77. The number of fused-ring (bicyclic) bond motifs is 1. The number of carbonyl (C=O) groups excluding carboxylic acids is 2. The van der Waals surface area contributed by atoms with E-state index in [0.29, 0.717) is 37.8 Å². The molecule has 4 rings (SSSR count). The lowest BCUT2D eigenvalue weighted by Crippen LogP contribution is -2.28. The highest BCUT2D eigenvalue weighted by Gasteiger charge is 2.21. The summed E-state index contributed by atoms with van der Waals surface area (Å²) in [5, 5.41) is 3.67. The van der Waals surface area contributed by atoms with Gasteiger partial charge >= 0.3 is 5.97 Å². The number of carbonyl (C=O) groups is 2. The summed E-state index contributed by atoms with van der Waals surface area (Å²) in [4.78, 5) is 43.3. The van der Waals surface area contributed by atoms with Crippen LogP contribution in [0.4, 0.5) is 5.69 Å². The van der Waals surface area contributed by atoms with Crippen molar-refractivity contribution in [3.05, 3.63) is 91.8 Å². The van der Waals surface area contributed by atoms with Gasteiger partial charge in [-0.15, -0.1) is 11.3 Å². The van der Waals surface area contributed by atoms with Crippen LogP contribution in [0.15, 0.2) is 59.7 Å². The van der Waals surface area contributed by atoms with Gasteiger partial charge in [-0.2, -0.15) is 0 Å². The van der Waals surface area contributed by atoms with E-state index in [4.69, 9.17) is 16.3 Å². The molecule has 0 aliphatic heterocycles. The van der Waals surface area contributed by atoms with Crippen LogP contribution < -0.4 is 10.9 Å². The monoisotopic (exact) mass is 495 g/mol. The Morgan fingerprint density at radius 2 is 1.91 bits per heavy atom. The van der Waals surface area contributed by atoms with Crippen LogP contribution in [0.3, 0.4) is 0 Å². The molecule has 0 aliphatic carbocycles. The zero-order chi connectivity index (χ0) is 24.2. The number of thiophene rings is 1. The van der Waals surface area contributed by atoms with E-state index in [1.807, 2.05) is 37.3 Å². The molecule has 0 saturated carbocycles. The molecule has 2 aromatic carbocycles. The number of halogens is 1. The van der Waals surface area contributed by atoms with Crippen LogP contribution in [0.25, 0.3) is 10.2 Å². The van der Waals surface area contributed by atoms with Crippen molar-refractivity contribution < 1.29 is 14.3 Å². The summed E-state index contributed by atoms with van der Waals surface area (Å²) in [7, 11) is 0. The Labute approximate surface area is 205 Å². The number of aryl methyl sites for hydroxylation is 2. The minimum Gasteiger partial charge on any atom is -0.461 e. The predicted molar refractivity (Wildman–Crippen MR) is 134 cm³/mol. The molecule has 0 spiro atoms. The van der Waals surface area contributed by atoms with Crippen molar-refractivity contribution in [1.29, 1.82) is 0 Å². The van der Waals surface area contributed by atoms with Gasteiger partial charge < -0.3 is 10.1 Å². The number of hydrogen-bond donors (Lipinski definition) is 1. The van der Waals surface area contributed by atoms with E-state index in [9.17, 15) is 14.4 Å². The Morgan fingerprint density at radius 1 is 1.15 bits per heavy atom. The maximum atomic E-state index is 13.1. The number of aromatic nitrogens is 2. The maximum absolute atomic E-state index is 13.1. The lowest BCUT2D eigenvalue weighted by Gasteiger charge is -2.10. The molecule has 4 aromatic rings. The first-order valence-corrected chi connectivity index (χ1v) is 11.8. The average molecular weight is 496 g/mol. The molecule has 0 aliphatic rings. The summed E-state index contributed by atoms with van der Waals surface area (Å²) < 4.78 is 6.65. The van der Waals surface area contributed by atoms with Crippen molar-refractivity contribution in [2.24, 2.45) is 0 Å². The van der Waals surface area contributed by atoms with E-state index in [0.717, 1.165) is 22.5 Å². The third-order valence-electron chi connectivity index (χ3n) is 5.35. The lowest BCUT2D eigenvalue weighted by atomic mass is 10.2. The molecule has 174 valence electrons. The van der Waals surface area contributed by atoms with Crippen LogP contribution in [-0.4, -0.2) is 28.0 Å². The summed E-state index contributed by atoms with van der Waals surface area (Å²) in [6.45, 7) is 3.54. The topological polar surface area (TPSA) is 90.3 Å². The summed E-state index contributed by atoms with van der Waals surface area (Å²) in [6, 6.07) is 14.9. The van der Waals surface area contributed by atoms with Crippen molar-refractivity contribution in [3.63, 3.8) is 0 Å². The summed E-state index contributed by atoms with van der Waals surface area (Å²) in [5.41, 5.74) is 2.62. The fourth-order valence-electron chi connectivity index (χ4n) is 3.55. The van der Waals surface area contributed by atoms with Gasteiger partial charge in [0.05, 0.1) is 18.3 Å². The molecule has 2 aromatic heterocycles. The van der Waals surface area contributed by atoms with Crippen molar-refractivity contribution in [2.75, 3.05) is 11.9 Å². The van der Waals surface area contributed by atoms with Gasteiger partial charge in [-0.3, -0.25) is 14.2 Å². The lowest BCUT2D eigenvalue weighted by molar-refractivity contribution is -0.116. The zero-order valence-electron chi connectivity index (χ0n) is 18.6. The average Bonchev–Trinajstić information content (AvgIpc) is 3.15. The molecule has 1 amide bonds. The van der Waals surface area contributed by atoms with Crippen molar-refractivity contribution >= 4 is 50.7 Å². The van der Waals surface area contributed by atoms with Crippen LogP contribution in [0.5, 0.6) is 0 Å². The highest BCUT2D eigenvalue weighted by Crippen LogP contribution is 2.27. The Balaban J connectivity index is 1.48. The minimum absolute atomic E-state index is 0.212. The smallest absolute Gasteiger partial charge is 0.348 e. The van der Waals surface area contributed by atoms with Crippen LogP contribution in [-0.2, 0) is 22.5 Å². The third-order valence-corrected chi connectivity index (χ3v) is 6.76. The van der Waals surface area contributed by atoms with Gasteiger partial charge in [0, 0.05) is 17.1 Å². The highest BCUT2D eigenvalue weighted by atomic mass is 35.5. The number of nitrogens with zero attached hydrogens (tertiary/aromatic N) is 2. The first kappa shape index (κ1) is 23.7. The van der Waals surface area contributed by atoms with Crippen molar-refractivity contribution in [3.8, 4) is 0 Å². The normalized spacial score (nSPS) is 10.9. The van der Waals surface area contributed by atoms with Crippen LogP contribution in [0.2, 0.25) is 5.02 Å². The molecule has 2 heterocycles. The van der Waals surface area contributed by atoms with Gasteiger partial charge in [0.15, 0.2) is 0 Å². The van der Waals surface area contributed by atoms with E-state index in [1.165, 1.54) is 10.9 Å². The highest BCUT2D eigenvalue weighted by molar-refractivity contribution is 7.20. The molecule has 0 radical (unpaired) electrons. The first-order chi connectivity index (χ1) is 16.3. The Kier molecular flexibility index (Phi) is 7.09. The van der Waals surface area contributed by atoms with Crippen LogP contribution in [0.1, 0.15) is 26.4 Å². The summed E-state index contributed by atoms with van der Waals surface area (Å²) in [5.74, 6) is -0.861. The Morgan fingerprint density at radius 3 is 2.65 bits per heavy atom. The third kappa shape index (κ3) is 5.18. The van der Waals surface area contributed by atoms with E-state index >= 15 is 0 Å². The molecule has 0 bridgehead atoms. The zero-order valence-corrected chi connectivity index (χ0v) is 20.2. The number of nitrogens with one attached hydrogen (secondary N) is 1.